The molecule has 6 heteroatoms. The number of rotatable bonds is 8. The topological polar surface area (TPSA) is 70.4 Å². The van der Waals surface area contributed by atoms with E-state index in [9.17, 15) is 8.42 Å². The molecule has 0 heterocycles. The van der Waals surface area contributed by atoms with Gasteiger partial charge in [0.1, 0.15) is 0 Å². The van der Waals surface area contributed by atoms with E-state index in [-0.39, 0.29) is 12.3 Å². The number of ether oxygens (including phenoxy) is 1. The van der Waals surface area contributed by atoms with Gasteiger partial charge < -0.3 is 4.74 Å². The van der Waals surface area contributed by atoms with Gasteiger partial charge >= 0.3 is 0 Å². The average Bonchev–Trinajstić information content (AvgIpc) is 2.43. The van der Waals surface area contributed by atoms with Crippen LogP contribution in [0, 0.1) is 11.3 Å². The summed E-state index contributed by atoms with van der Waals surface area (Å²) in [4.78, 5) is 0. The van der Waals surface area contributed by atoms with Crippen LogP contribution in [0.25, 0.3) is 0 Å². The lowest BCUT2D eigenvalue weighted by atomic mass is 10.2. The molecule has 0 atom stereocenters. The zero-order chi connectivity index (χ0) is 15.0. The van der Waals surface area contributed by atoms with Crippen molar-refractivity contribution in [2.45, 2.75) is 5.75 Å². The lowest BCUT2D eigenvalue weighted by Crippen LogP contribution is -2.35. The maximum atomic E-state index is 12.3. The SMILES string of the molecule is C=CCN(CCOC)S(=O)(=O)Cc1ccc(C#N)cc1. The van der Waals surface area contributed by atoms with E-state index < -0.39 is 10.0 Å². The molecule has 0 aliphatic heterocycles. The number of benzene rings is 1. The van der Waals surface area contributed by atoms with E-state index in [1.54, 1.807) is 30.3 Å². The Kier molecular flexibility index (Phi) is 6.39. The first-order valence-corrected chi connectivity index (χ1v) is 7.71. The van der Waals surface area contributed by atoms with Crippen LogP contribution in [0.2, 0.25) is 0 Å². The van der Waals surface area contributed by atoms with Crippen LogP contribution in [0.3, 0.4) is 0 Å². The van der Waals surface area contributed by atoms with E-state index in [2.05, 4.69) is 6.58 Å². The van der Waals surface area contributed by atoms with E-state index in [4.69, 9.17) is 10.00 Å². The molecule has 1 rings (SSSR count). The van der Waals surface area contributed by atoms with Crippen LogP contribution in [-0.4, -0.2) is 39.5 Å². The third-order valence-electron chi connectivity index (χ3n) is 2.70. The van der Waals surface area contributed by atoms with Gasteiger partial charge in [-0.15, -0.1) is 6.58 Å². The Morgan fingerprint density at radius 3 is 2.55 bits per heavy atom. The van der Waals surface area contributed by atoms with E-state index >= 15 is 0 Å². The molecule has 1 aromatic rings. The number of nitrogens with zero attached hydrogens (tertiary/aromatic N) is 2. The summed E-state index contributed by atoms with van der Waals surface area (Å²) in [5.41, 5.74) is 1.16. The van der Waals surface area contributed by atoms with Crippen LogP contribution in [-0.2, 0) is 20.5 Å². The van der Waals surface area contributed by atoms with Crippen LogP contribution in [0.5, 0.6) is 0 Å². The van der Waals surface area contributed by atoms with Gasteiger partial charge in [0.2, 0.25) is 10.0 Å². The van der Waals surface area contributed by atoms with Gasteiger partial charge in [0.05, 0.1) is 24.0 Å². The number of sulfonamides is 1. The minimum Gasteiger partial charge on any atom is -0.383 e. The van der Waals surface area contributed by atoms with Crippen molar-refractivity contribution in [3.63, 3.8) is 0 Å². The summed E-state index contributed by atoms with van der Waals surface area (Å²) < 4.78 is 30.9. The third kappa shape index (κ3) is 4.78. The van der Waals surface area contributed by atoms with E-state index in [0.29, 0.717) is 24.3 Å². The Balaban J connectivity index is 2.84. The molecule has 20 heavy (non-hydrogen) atoms. The van der Waals surface area contributed by atoms with E-state index in [1.165, 1.54) is 11.4 Å². The molecule has 0 aliphatic rings. The highest BCUT2D eigenvalue weighted by Gasteiger charge is 2.21. The maximum Gasteiger partial charge on any atom is 0.218 e. The third-order valence-corrected chi connectivity index (χ3v) is 4.52. The minimum atomic E-state index is -3.43. The predicted molar refractivity (Wildman–Crippen MR) is 77.4 cm³/mol. The average molecular weight is 294 g/mol. The zero-order valence-corrected chi connectivity index (χ0v) is 12.3. The van der Waals surface area contributed by atoms with Crippen LogP contribution >= 0.6 is 0 Å². The maximum absolute atomic E-state index is 12.3. The molecule has 5 nitrogen and oxygen atoms in total. The van der Waals surface area contributed by atoms with Gasteiger partial charge in [0, 0.05) is 20.2 Å². The first kappa shape index (κ1) is 16.4. The van der Waals surface area contributed by atoms with Crippen LogP contribution in [0.15, 0.2) is 36.9 Å². The fourth-order valence-corrected chi connectivity index (χ4v) is 3.14. The molecule has 0 saturated carbocycles. The Bertz CT molecular complexity index is 573. The quantitative estimate of drug-likeness (QED) is 0.682. The van der Waals surface area contributed by atoms with Crippen molar-refractivity contribution in [3.8, 4) is 6.07 Å². The summed E-state index contributed by atoms with van der Waals surface area (Å²) in [6.45, 7) is 4.45. The Labute approximate surface area is 120 Å². The van der Waals surface area contributed by atoms with Gasteiger partial charge in [-0.1, -0.05) is 18.2 Å². The highest BCUT2D eigenvalue weighted by molar-refractivity contribution is 7.88. The molecule has 0 N–H and O–H groups in total. The second kappa shape index (κ2) is 7.80. The number of hydrogen-bond donors (Lipinski definition) is 0. The van der Waals surface area contributed by atoms with Gasteiger partial charge in [0.25, 0.3) is 0 Å². The summed E-state index contributed by atoms with van der Waals surface area (Å²) >= 11 is 0. The Hall–Kier alpha value is -1.68. The second-order valence-corrected chi connectivity index (χ2v) is 6.17. The van der Waals surface area contributed by atoms with Crippen molar-refractivity contribution in [3.05, 3.63) is 48.0 Å². The largest absolute Gasteiger partial charge is 0.383 e. The number of nitriles is 1. The highest BCUT2D eigenvalue weighted by Crippen LogP contribution is 2.12. The summed E-state index contributed by atoms with van der Waals surface area (Å²) in [6.07, 6.45) is 1.55. The molecule has 0 aromatic heterocycles. The molecule has 0 saturated heterocycles. The molecular formula is C14H18N2O3S. The van der Waals surface area contributed by atoms with Crippen molar-refractivity contribution in [2.75, 3.05) is 26.8 Å². The van der Waals surface area contributed by atoms with Crippen LogP contribution < -0.4 is 0 Å². The predicted octanol–water partition coefficient (Wildman–Crippen LogP) is 1.52. The lowest BCUT2D eigenvalue weighted by Gasteiger charge is -2.20. The van der Waals surface area contributed by atoms with Gasteiger partial charge in [-0.05, 0) is 17.7 Å². The van der Waals surface area contributed by atoms with Crippen LogP contribution in [0.1, 0.15) is 11.1 Å². The van der Waals surface area contributed by atoms with Gasteiger partial charge in [-0.3, -0.25) is 0 Å². The standard InChI is InChI=1S/C14H18N2O3S/c1-3-8-16(9-10-19-2)20(17,18)12-14-6-4-13(11-15)5-7-14/h3-7H,1,8-10,12H2,2H3. The Morgan fingerprint density at radius 2 is 2.05 bits per heavy atom. The van der Waals surface area contributed by atoms with E-state index in [1.807, 2.05) is 6.07 Å². The highest BCUT2D eigenvalue weighted by atomic mass is 32.2. The fourth-order valence-electron chi connectivity index (χ4n) is 1.66. The van der Waals surface area contributed by atoms with Gasteiger partial charge in [0.15, 0.2) is 0 Å². The summed E-state index contributed by atoms with van der Waals surface area (Å²) in [7, 11) is -1.90. The van der Waals surface area contributed by atoms with Gasteiger partial charge in [-0.2, -0.15) is 9.57 Å². The monoisotopic (exact) mass is 294 g/mol. The fraction of sp³-hybridized carbons (Fsp3) is 0.357. The van der Waals surface area contributed by atoms with E-state index in [0.717, 1.165) is 0 Å². The normalized spacial score (nSPS) is 11.2. The Morgan fingerprint density at radius 1 is 1.40 bits per heavy atom. The molecule has 0 unspecified atom stereocenters. The molecule has 0 radical (unpaired) electrons. The first-order valence-electron chi connectivity index (χ1n) is 6.10. The van der Waals surface area contributed by atoms with Crippen molar-refractivity contribution >= 4 is 10.0 Å². The molecule has 1 aromatic carbocycles. The smallest absolute Gasteiger partial charge is 0.218 e. The van der Waals surface area contributed by atoms with Crippen molar-refractivity contribution in [1.29, 1.82) is 5.26 Å². The lowest BCUT2D eigenvalue weighted by molar-refractivity contribution is 0.182. The van der Waals surface area contributed by atoms with Crippen LogP contribution in [0.4, 0.5) is 0 Å². The first-order chi connectivity index (χ1) is 9.53. The molecule has 0 amide bonds. The minimum absolute atomic E-state index is 0.101. The number of methoxy groups -OCH3 is 1. The van der Waals surface area contributed by atoms with Crippen molar-refractivity contribution < 1.29 is 13.2 Å². The summed E-state index contributed by atoms with van der Waals surface area (Å²) in [6, 6.07) is 8.52. The molecule has 0 fully saturated rings. The van der Waals surface area contributed by atoms with Crippen molar-refractivity contribution in [1.82, 2.24) is 4.31 Å². The zero-order valence-electron chi connectivity index (χ0n) is 11.4. The number of hydrogen-bond acceptors (Lipinski definition) is 4. The summed E-state index contributed by atoms with van der Waals surface area (Å²) in [5.74, 6) is -0.101. The van der Waals surface area contributed by atoms with Crippen molar-refractivity contribution in [2.24, 2.45) is 0 Å². The molecule has 108 valence electrons. The molecule has 0 aliphatic carbocycles. The van der Waals surface area contributed by atoms with Gasteiger partial charge in [-0.25, -0.2) is 8.42 Å². The molecule has 0 bridgehead atoms. The molecule has 0 spiro atoms. The summed E-state index contributed by atoms with van der Waals surface area (Å²) in [5, 5.41) is 8.71. The molecular weight excluding hydrogens is 276 g/mol. The second-order valence-electron chi connectivity index (χ2n) is 4.20.